The molecule has 2 aromatic rings. The molecule has 0 fully saturated rings. The molecule has 1 heterocycles. The number of ether oxygens (including phenoxy) is 1. The number of carboxylic acid groups (broad SMARTS) is 1. The Morgan fingerprint density at radius 2 is 2.28 bits per heavy atom. The van der Waals surface area contributed by atoms with Gasteiger partial charge in [0.05, 0.1) is 7.11 Å². The molecule has 0 saturated carbocycles. The number of nitrogens with zero attached hydrogens (tertiary/aromatic N) is 4. The van der Waals surface area contributed by atoms with E-state index in [0.29, 0.717) is 17.1 Å². The molecule has 18 heavy (non-hydrogen) atoms. The predicted molar refractivity (Wildman–Crippen MR) is 62.2 cm³/mol. The van der Waals surface area contributed by atoms with Crippen LogP contribution >= 0.6 is 0 Å². The molecule has 0 unspecified atom stereocenters. The molecule has 0 spiro atoms. The smallest absolute Gasteiger partial charge is 0.325 e. The lowest BCUT2D eigenvalue weighted by molar-refractivity contribution is -0.137. The third-order valence-corrected chi connectivity index (χ3v) is 2.48. The summed E-state index contributed by atoms with van der Waals surface area (Å²) < 4.78 is 6.44. The molecule has 7 nitrogen and oxygen atoms in total. The van der Waals surface area contributed by atoms with Crippen LogP contribution in [0.1, 0.15) is 5.56 Å². The van der Waals surface area contributed by atoms with Crippen LogP contribution in [0.15, 0.2) is 18.2 Å². The number of methoxy groups -OCH3 is 1. The molecule has 2 rings (SSSR count). The zero-order valence-corrected chi connectivity index (χ0v) is 9.99. The number of carboxylic acids is 1. The largest absolute Gasteiger partial charge is 0.496 e. The predicted octanol–water partition coefficient (Wildman–Crippen LogP) is 0.742. The minimum Gasteiger partial charge on any atom is -0.496 e. The number of hydrogen-bond acceptors (Lipinski definition) is 5. The Hall–Kier alpha value is -2.44. The quantitative estimate of drug-likeness (QED) is 0.858. The Morgan fingerprint density at radius 3 is 2.94 bits per heavy atom. The van der Waals surface area contributed by atoms with Gasteiger partial charge in [0.1, 0.15) is 12.3 Å². The Bertz CT molecular complexity index is 579. The maximum absolute atomic E-state index is 10.7. The minimum absolute atomic E-state index is 0.279. The van der Waals surface area contributed by atoms with Gasteiger partial charge in [-0.3, -0.25) is 4.79 Å². The molecule has 7 heteroatoms. The van der Waals surface area contributed by atoms with E-state index in [1.54, 1.807) is 13.2 Å². The molecular formula is C11H12N4O3. The van der Waals surface area contributed by atoms with E-state index in [1.165, 1.54) is 4.68 Å². The molecule has 1 aromatic heterocycles. The number of hydrogen-bond donors (Lipinski definition) is 1. The van der Waals surface area contributed by atoms with Gasteiger partial charge in [-0.2, -0.15) is 0 Å². The third kappa shape index (κ3) is 2.29. The van der Waals surface area contributed by atoms with E-state index in [0.717, 1.165) is 5.56 Å². The van der Waals surface area contributed by atoms with Crippen molar-refractivity contribution in [3.05, 3.63) is 23.8 Å². The molecule has 0 saturated heterocycles. The highest BCUT2D eigenvalue weighted by Crippen LogP contribution is 2.24. The van der Waals surface area contributed by atoms with Crippen LogP contribution in [-0.4, -0.2) is 38.4 Å². The number of aliphatic carboxylic acids is 1. The number of rotatable bonds is 4. The normalized spacial score (nSPS) is 10.3. The van der Waals surface area contributed by atoms with Gasteiger partial charge < -0.3 is 9.84 Å². The first-order valence-corrected chi connectivity index (χ1v) is 5.25. The summed E-state index contributed by atoms with van der Waals surface area (Å²) in [7, 11) is 1.58. The molecule has 1 N–H and O–H groups in total. The molecule has 0 radical (unpaired) electrons. The number of carbonyl (C=O) groups is 1. The summed E-state index contributed by atoms with van der Waals surface area (Å²) in [6, 6.07) is 5.47. The Morgan fingerprint density at radius 1 is 1.50 bits per heavy atom. The summed E-state index contributed by atoms with van der Waals surface area (Å²) >= 11 is 0. The number of aromatic nitrogens is 4. The highest BCUT2D eigenvalue weighted by atomic mass is 16.5. The van der Waals surface area contributed by atoms with E-state index in [1.807, 2.05) is 19.1 Å². The first-order valence-electron chi connectivity index (χ1n) is 5.25. The summed E-state index contributed by atoms with van der Waals surface area (Å²) in [5.74, 6) is 0.107. The number of tetrazole rings is 1. The summed E-state index contributed by atoms with van der Waals surface area (Å²) in [6.07, 6.45) is 0. The summed E-state index contributed by atoms with van der Waals surface area (Å²) in [5, 5.41) is 19.7. The van der Waals surface area contributed by atoms with Crippen molar-refractivity contribution in [1.29, 1.82) is 0 Å². The molecule has 0 bridgehead atoms. The van der Waals surface area contributed by atoms with Crippen molar-refractivity contribution >= 4 is 5.97 Å². The second-order valence-corrected chi connectivity index (χ2v) is 3.74. The Labute approximate surface area is 103 Å². The zero-order valence-electron chi connectivity index (χ0n) is 9.99. The fraction of sp³-hybridized carbons (Fsp3) is 0.273. The first-order chi connectivity index (χ1) is 8.61. The van der Waals surface area contributed by atoms with Crippen molar-refractivity contribution in [2.24, 2.45) is 0 Å². The highest BCUT2D eigenvalue weighted by molar-refractivity contribution is 5.68. The lowest BCUT2D eigenvalue weighted by atomic mass is 10.1. The molecule has 0 aliphatic rings. The van der Waals surface area contributed by atoms with E-state index in [4.69, 9.17) is 9.84 Å². The van der Waals surface area contributed by atoms with Crippen LogP contribution < -0.4 is 4.74 Å². The molecule has 1 aromatic carbocycles. The lowest BCUT2D eigenvalue weighted by Gasteiger charge is -2.07. The van der Waals surface area contributed by atoms with Crippen molar-refractivity contribution < 1.29 is 14.6 Å². The van der Waals surface area contributed by atoms with Gasteiger partial charge in [0.15, 0.2) is 5.82 Å². The molecule has 0 atom stereocenters. The van der Waals surface area contributed by atoms with Crippen LogP contribution in [0.5, 0.6) is 5.75 Å². The van der Waals surface area contributed by atoms with E-state index < -0.39 is 5.97 Å². The van der Waals surface area contributed by atoms with E-state index in [2.05, 4.69) is 15.5 Å². The van der Waals surface area contributed by atoms with Crippen LogP contribution in [0.2, 0.25) is 0 Å². The average Bonchev–Trinajstić information content (AvgIpc) is 2.77. The van der Waals surface area contributed by atoms with Gasteiger partial charge >= 0.3 is 5.97 Å². The number of benzene rings is 1. The van der Waals surface area contributed by atoms with Gasteiger partial charge in [0.25, 0.3) is 0 Å². The average molecular weight is 248 g/mol. The van der Waals surface area contributed by atoms with Crippen molar-refractivity contribution in [3.8, 4) is 17.1 Å². The summed E-state index contributed by atoms with van der Waals surface area (Å²) in [4.78, 5) is 10.7. The van der Waals surface area contributed by atoms with E-state index in [-0.39, 0.29) is 6.54 Å². The Kier molecular flexibility index (Phi) is 3.22. The van der Waals surface area contributed by atoms with Crippen molar-refractivity contribution in [3.63, 3.8) is 0 Å². The zero-order chi connectivity index (χ0) is 13.1. The second-order valence-electron chi connectivity index (χ2n) is 3.74. The second kappa shape index (κ2) is 4.82. The highest BCUT2D eigenvalue weighted by Gasteiger charge is 2.12. The summed E-state index contributed by atoms with van der Waals surface area (Å²) in [5.41, 5.74) is 1.70. The lowest BCUT2D eigenvalue weighted by Crippen LogP contribution is -2.11. The topological polar surface area (TPSA) is 90.1 Å². The van der Waals surface area contributed by atoms with Crippen LogP contribution in [0.25, 0.3) is 11.4 Å². The number of aryl methyl sites for hydroxylation is 1. The molecule has 0 amide bonds. The fourth-order valence-electron chi connectivity index (χ4n) is 1.61. The standard InChI is InChI=1S/C11H12N4O3/c1-7-3-4-8(5-9(7)18-2)11-12-13-14-15(11)6-10(16)17/h3-5H,6H2,1-2H3,(H,16,17). The van der Waals surface area contributed by atoms with Gasteiger partial charge in [-0.1, -0.05) is 12.1 Å². The molecule has 94 valence electrons. The monoisotopic (exact) mass is 248 g/mol. The van der Waals surface area contributed by atoms with Crippen molar-refractivity contribution in [2.45, 2.75) is 13.5 Å². The van der Waals surface area contributed by atoms with Gasteiger partial charge in [-0.05, 0) is 29.0 Å². The molecule has 0 aliphatic heterocycles. The maximum Gasteiger partial charge on any atom is 0.325 e. The van der Waals surface area contributed by atoms with Crippen LogP contribution in [0.4, 0.5) is 0 Å². The third-order valence-electron chi connectivity index (χ3n) is 2.48. The first kappa shape index (κ1) is 12.0. The fourth-order valence-corrected chi connectivity index (χ4v) is 1.61. The summed E-state index contributed by atoms with van der Waals surface area (Å²) in [6.45, 7) is 1.64. The van der Waals surface area contributed by atoms with E-state index >= 15 is 0 Å². The van der Waals surface area contributed by atoms with Crippen LogP contribution in [0.3, 0.4) is 0 Å². The van der Waals surface area contributed by atoms with Gasteiger partial charge in [-0.15, -0.1) is 5.10 Å². The van der Waals surface area contributed by atoms with Crippen molar-refractivity contribution in [1.82, 2.24) is 20.2 Å². The van der Waals surface area contributed by atoms with Gasteiger partial charge in [0.2, 0.25) is 0 Å². The SMILES string of the molecule is COc1cc(-c2nnnn2CC(=O)O)ccc1C. The van der Waals surface area contributed by atoms with Gasteiger partial charge in [-0.25, -0.2) is 4.68 Å². The van der Waals surface area contributed by atoms with E-state index in [9.17, 15) is 4.79 Å². The van der Waals surface area contributed by atoms with Crippen molar-refractivity contribution in [2.75, 3.05) is 7.11 Å². The van der Waals surface area contributed by atoms with Crippen LogP contribution in [-0.2, 0) is 11.3 Å². The molecular weight excluding hydrogens is 236 g/mol. The minimum atomic E-state index is -0.998. The van der Waals surface area contributed by atoms with Gasteiger partial charge in [0, 0.05) is 5.56 Å². The maximum atomic E-state index is 10.7. The Balaban J connectivity index is 2.42. The van der Waals surface area contributed by atoms with Crippen LogP contribution in [0, 0.1) is 6.92 Å². The molecule has 0 aliphatic carbocycles.